The number of nitrogens with zero attached hydrogens (tertiary/aromatic N) is 3. The van der Waals surface area contributed by atoms with E-state index in [9.17, 15) is 4.79 Å². The zero-order chi connectivity index (χ0) is 13.7. The number of hydrogen-bond donors (Lipinski definition) is 1. The molecule has 0 atom stereocenters. The van der Waals surface area contributed by atoms with Gasteiger partial charge < -0.3 is 10.6 Å². The smallest absolute Gasteiger partial charge is 0.274 e. The van der Waals surface area contributed by atoms with Crippen LogP contribution in [0.2, 0.25) is 0 Å². The highest BCUT2D eigenvalue weighted by molar-refractivity contribution is 5.97. The van der Waals surface area contributed by atoms with Crippen LogP contribution in [0.5, 0.6) is 0 Å². The SMILES string of the molecule is C=CCCCN(C)C(=O)c1c(N)c(CC)nn1C. The number of carbonyl (C=O) groups excluding carboxylic acids is 1. The van der Waals surface area contributed by atoms with E-state index in [0.717, 1.165) is 25.0 Å². The number of amides is 1. The summed E-state index contributed by atoms with van der Waals surface area (Å²) in [6.07, 6.45) is 4.39. The van der Waals surface area contributed by atoms with E-state index < -0.39 is 0 Å². The van der Waals surface area contributed by atoms with Crippen molar-refractivity contribution in [1.82, 2.24) is 14.7 Å². The van der Waals surface area contributed by atoms with Crippen LogP contribution in [0.3, 0.4) is 0 Å². The first kappa shape index (κ1) is 14.3. The lowest BCUT2D eigenvalue weighted by Crippen LogP contribution is -2.30. The minimum absolute atomic E-state index is 0.0775. The lowest BCUT2D eigenvalue weighted by molar-refractivity contribution is 0.0784. The highest BCUT2D eigenvalue weighted by atomic mass is 16.2. The summed E-state index contributed by atoms with van der Waals surface area (Å²) in [4.78, 5) is 13.9. The van der Waals surface area contributed by atoms with E-state index in [0.29, 0.717) is 17.9 Å². The zero-order valence-electron chi connectivity index (χ0n) is 11.4. The van der Waals surface area contributed by atoms with Crippen LogP contribution in [0, 0.1) is 0 Å². The molecule has 18 heavy (non-hydrogen) atoms. The second-order valence-corrected chi connectivity index (χ2v) is 4.34. The summed E-state index contributed by atoms with van der Waals surface area (Å²) >= 11 is 0. The molecule has 1 rings (SSSR count). The minimum Gasteiger partial charge on any atom is -0.395 e. The van der Waals surface area contributed by atoms with Crippen LogP contribution in [-0.2, 0) is 13.5 Å². The first-order chi connectivity index (χ1) is 8.52. The van der Waals surface area contributed by atoms with Gasteiger partial charge in [-0.25, -0.2) is 0 Å². The summed E-state index contributed by atoms with van der Waals surface area (Å²) in [5.41, 5.74) is 7.72. The number of carbonyl (C=O) groups is 1. The van der Waals surface area contributed by atoms with Crippen LogP contribution >= 0.6 is 0 Å². The third-order valence-electron chi connectivity index (χ3n) is 2.95. The predicted molar refractivity (Wildman–Crippen MR) is 73.4 cm³/mol. The Morgan fingerprint density at radius 3 is 2.78 bits per heavy atom. The zero-order valence-corrected chi connectivity index (χ0v) is 11.4. The van der Waals surface area contributed by atoms with E-state index in [4.69, 9.17) is 5.73 Å². The summed E-state index contributed by atoms with van der Waals surface area (Å²) in [7, 11) is 3.53. The number of anilines is 1. The van der Waals surface area contributed by atoms with Crippen LogP contribution < -0.4 is 5.73 Å². The number of allylic oxidation sites excluding steroid dienone is 1. The summed E-state index contributed by atoms with van der Waals surface area (Å²) < 4.78 is 1.57. The molecule has 0 fully saturated rings. The van der Waals surface area contributed by atoms with E-state index in [1.807, 2.05) is 13.0 Å². The maximum absolute atomic E-state index is 12.3. The van der Waals surface area contributed by atoms with E-state index in [1.165, 1.54) is 0 Å². The number of unbranched alkanes of at least 4 members (excludes halogenated alkanes) is 1. The Morgan fingerprint density at radius 2 is 2.28 bits per heavy atom. The molecule has 0 spiro atoms. The molecule has 5 heteroatoms. The maximum atomic E-state index is 12.3. The number of aromatic nitrogens is 2. The van der Waals surface area contributed by atoms with E-state index in [1.54, 1.807) is 23.7 Å². The molecule has 0 saturated carbocycles. The van der Waals surface area contributed by atoms with Crippen LogP contribution in [0.4, 0.5) is 5.69 Å². The predicted octanol–water partition coefficient (Wildman–Crippen LogP) is 1.60. The molecular weight excluding hydrogens is 228 g/mol. The van der Waals surface area contributed by atoms with Crippen molar-refractivity contribution >= 4 is 11.6 Å². The Bertz CT molecular complexity index is 436. The number of rotatable bonds is 6. The van der Waals surface area contributed by atoms with Crippen molar-refractivity contribution in [2.24, 2.45) is 7.05 Å². The number of nitrogens with two attached hydrogens (primary N) is 1. The van der Waals surface area contributed by atoms with Crippen molar-refractivity contribution in [2.75, 3.05) is 19.3 Å². The van der Waals surface area contributed by atoms with Crippen molar-refractivity contribution < 1.29 is 4.79 Å². The van der Waals surface area contributed by atoms with E-state index in [-0.39, 0.29) is 5.91 Å². The highest BCUT2D eigenvalue weighted by Crippen LogP contribution is 2.18. The van der Waals surface area contributed by atoms with Gasteiger partial charge in [-0.3, -0.25) is 9.48 Å². The molecule has 2 N–H and O–H groups in total. The molecule has 0 aliphatic carbocycles. The largest absolute Gasteiger partial charge is 0.395 e. The average molecular weight is 250 g/mol. The van der Waals surface area contributed by atoms with Gasteiger partial charge in [-0.1, -0.05) is 13.0 Å². The second kappa shape index (κ2) is 6.23. The molecule has 1 aromatic rings. The van der Waals surface area contributed by atoms with Crippen LogP contribution in [0.15, 0.2) is 12.7 Å². The normalized spacial score (nSPS) is 10.4. The third kappa shape index (κ3) is 2.91. The van der Waals surface area contributed by atoms with Gasteiger partial charge in [-0.15, -0.1) is 6.58 Å². The van der Waals surface area contributed by atoms with Crippen molar-refractivity contribution in [3.05, 3.63) is 24.0 Å². The fraction of sp³-hybridized carbons (Fsp3) is 0.538. The fourth-order valence-corrected chi connectivity index (χ4v) is 1.87. The molecule has 0 aliphatic rings. The average Bonchev–Trinajstić information content (AvgIpc) is 2.63. The molecule has 1 aromatic heterocycles. The van der Waals surface area contributed by atoms with Gasteiger partial charge in [0.1, 0.15) is 5.69 Å². The second-order valence-electron chi connectivity index (χ2n) is 4.34. The van der Waals surface area contributed by atoms with E-state index in [2.05, 4.69) is 11.7 Å². The Kier molecular flexibility index (Phi) is 4.95. The monoisotopic (exact) mass is 250 g/mol. The van der Waals surface area contributed by atoms with Crippen molar-refractivity contribution in [1.29, 1.82) is 0 Å². The molecular formula is C13H22N4O. The van der Waals surface area contributed by atoms with Gasteiger partial charge in [0.2, 0.25) is 0 Å². The topological polar surface area (TPSA) is 64.2 Å². The molecule has 100 valence electrons. The third-order valence-corrected chi connectivity index (χ3v) is 2.95. The minimum atomic E-state index is -0.0775. The first-order valence-electron chi connectivity index (χ1n) is 6.20. The number of nitrogen functional groups attached to an aromatic ring is 1. The fourth-order valence-electron chi connectivity index (χ4n) is 1.87. The van der Waals surface area contributed by atoms with Gasteiger partial charge in [0.15, 0.2) is 0 Å². The molecule has 0 aromatic carbocycles. The van der Waals surface area contributed by atoms with Gasteiger partial charge in [-0.2, -0.15) is 5.10 Å². The molecule has 0 unspecified atom stereocenters. The van der Waals surface area contributed by atoms with Gasteiger partial charge in [-0.05, 0) is 19.3 Å². The standard InChI is InChI=1S/C13H22N4O/c1-5-7-8-9-16(3)13(18)12-11(14)10(6-2)15-17(12)4/h5H,1,6-9,14H2,2-4H3. The van der Waals surface area contributed by atoms with Crippen LogP contribution in [-0.4, -0.2) is 34.2 Å². The van der Waals surface area contributed by atoms with Crippen molar-refractivity contribution in [3.63, 3.8) is 0 Å². The summed E-state index contributed by atoms with van der Waals surface area (Å²) in [5.74, 6) is -0.0775. The highest BCUT2D eigenvalue weighted by Gasteiger charge is 2.21. The Hall–Kier alpha value is -1.78. The van der Waals surface area contributed by atoms with Crippen LogP contribution in [0.1, 0.15) is 35.9 Å². The molecule has 1 amide bonds. The molecule has 0 radical (unpaired) electrons. The quantitative estimate of drug-likeness (QED) is 0.616. The summed E-state index contributed by atoms with van der Waals surface area (Å²) in [5, 5.41) is 4.26. The van der Waals surface area contributed by atoms with Crippen LogP contribution in [0.25, 0.3) is 0 Å². The Morgan fingerprint density at radius 1 is 1.61 bits per heavy atom. The molecule has 1 heterocycles. The lowest BCUT2D eigenvalue weighted by atomic mass is 10.2. The molecule has 0 saturated heterocycles. The van der Waals surface area contributed by atoms with Gasteiger partial charge in [0, 0.05) is 20.6 Å². The number of aryl methyl sites for hydroxylation is 2. The van der Waals surface area contributed by atoms with Gasteiger partial charge in [0.05, 0.1) is 11.4 Å². The van der Waals surface area contributed by atoms with E-state index >= 15 is 0 Å². The van der Waals surface area contributed by atoms with Crippen molar-refractivity contribution in [2.45, 2.75) is 26.2 Å². The van der Waals surface area contributed by atoms with Crippen molar-refractivity contribution in [3.8, 4) is 0 Å². The summed E-state index contributed by atoms with van der Waals surface area (Å²) in [6.45, 7) is 6.33. The molecule has 0 bridgehead atoms. The first-order valence-corrected chi connectivity index (χ1v) is 6.20. The summed E-state index contributed by atoms with van der Waals surface area (Å²) in [6, 6.07) is 0. The van der Waals surface area contributed by atoms with Gasteiger partial charge >= 0.3 is 0 Å². The lowest BCUT2D eigenvalue weighted by Gasteiger charge is -2.17. The van der Waals surface area contributed by atoms with Gasteiger partial charge in [0.25, 0.3) is 5.91 Å². The Balaban J connectivity index is 2.83. The molecule has 5 nitrogen and oxygen atoms in total. The Labute approximate surface area is 108 Å². The number of hydrogen-bond acceptors (Lipinski definition) is 3. The maximum Gasteiger partial charge on any atom is 0.274 e. The molecule has 0 aliphatic heterocycles.